The fourth-order valence-corrected chi connectivity index (χ4v) is 5.83. The third kappa shape index (κ3) is 8.67. The Balaban J connectivity index is 1.98. The van der Waals surface area contributed by atoms with E-state index in [4.69, 9.17) is 0 Å². The number of benzene rings is 3. The first-order valence-corrected chi connectivity index (χ1v) is 15.6. The third-order valence-corrected chi connectivity index (χ3v) is 8.86. The molecule has 0 heterocycles. The van der Waals surface area contributed by atoms with Crippen LogP contribution in [0.3, 0.4) is 0 Å². The van der Waals surface area contributed by atoms with Crippen LogP contribution in [0.2, 0.25) is 0 Å². The summed E-state index contributed by atoms with van der Waals surface area (Å²) in [7, 11) is -4.08. The lowest BCUT2D eigenvalue weighted by atomic mass is 10.0. The number of hydrogen-bond donors (Lipinski definition) is 1. The average Bonchev–Trinajstić information content (AvgIpc) is 2.95. The Labute approximate surface area is 245 Å². The van der Waals surface area contributed by atoms with E-state index in [0.717, 1.165) is 21.0 Å². The number of sulfonamides is 1. The van der Waals surface area contributed by atoms with Crippen molar-refractivity contribution >= 4 is 27.5 Å². The summed E-state index contributed by atoms with van der Waals surface area (Å²) in [5.74, 6) is -0.193. The van der Waals surface area contributed by atoms with Gasteiger partial charge < -0.3 is 10.2 Å². The van der Waals surface area contributed by atoms with E-state index in [1.807, 2.05) is 63.2 Å². The topological polar surface area (TPSA) is 86.8 Å². The molecular weight excluding hydrogens is 534 g/mol. The van der Waals surface area contributed by atoms with Gasteiger partial charge in [0.25, 0.3) is 10.0 Å². The standard InChI is InChI=1S/C33H43N3O4S/c1-24(2)22-34-33(38)27(6)35(21-20-28-10-8-7-9-11-28)32(37)23-36(30-16-14-29(15-17-30)25(3)4)41(39,40)31-18-12-26(5)13-19-31/h7-19,24-25,27H,20-23H2,1-6H3,(H,34,38)/t27-/m0/s1. The Morgan fingerprint density at radius 1 is 0.829 bits per heavy atom. The maximum Gasteiger partial charge on any atom is 0.264 e. The first-order chi connectivity index (χ1) is 19.4. The predicted octanol–water partition coefficient (Wildman–Crippen LogP) is 5.55. The fraction of sp³-hybridized carbons (Fsp3) is 0.394. The van der Waals surface area contributed by atoms with Crippen molar-refractivity contribution in [3.8, 4) is 0 Å². The summed E-state index contributed by atoms with van der Waals surface area (Å²) in [4.78, 5) is 28.6. The van der Waals surface area contributed by atoms with E-state index in [-0.39, 0.29) is 29.2 Å². The number of nitrogens with zero attached hydrogens (tertiary/aromatic N) is 2. The highest BCUT2D eigenvalue weighted by molar-refractivity contribution is 7.92. The van der Waals surface area contributed by atoms with Crippen LogP contribution in [0.1, 0.15) is 57.2 Å². The molecule has 8 heteroatoms. The predicted molar refractivity (Wildman–Crippen MR) is 165 cm³/mol. The van der Waals surface area contributed by atoms with Crippen LogP contribution in [0.4, 0.5) is 5.69 Å². The van der Waals surface area contributed by atoms with Crippen molar-refractivity contribution in [1.29, 1.82) is 0 Å². The SMILES string of the molecule is Cc1ccc(S(=O)(=O)N(CC(=O)N(CCc2ccccc2)[C@@H](C)C(=O)NCC(C)C)c2ccc(C(C)C)cc2)cc1. The molecule has 0 aliphatic carbocycles. The largest absolute Gasteiger partial charge is 0.354 e. The summed E-state index contributed by atoms with van der Waals surface area (Å²) >= 11 is 0. The Morgan fingerprint density at radius 2 is 1.44 bits per heavy atom. The van der Waals surface area contributed by atoms with Gasteiger partial charge in [0.2, 0.25) is 11.8 Å². The minimum absolute atomic E-state index is 0.0994. The van der Waals surface area contributed by atoms with Crippen molar-refractivity contribution in [2.24, 2.45) is 5.92 Å². The summed E-state index contributed by atoms with van der Waals surface area (Å²) in [6.45, 7) is 12.0. The lowest BCUT2D eigenvalue weighted by Gasteiger charge is -2.32. The Hall–Kier alpha value is -3.65. The molecule has 0 bridgehead atoms. The third-order valence-electron chi connectivity index (χ3n) is 7.07. The van der Waals surface area contributed by atoms with E-state index in [1.54, 1.807) is 43.3 Å². The fourth-order valence-electron chi connectivity index (χ4n) is 4.41. The maximum atomic E-state index is 14.0. The maximum absolute atomic E-state index is 14.0. The molecule has 3 rings (SSSR count). The number of carbonyl (C=O) groups is 2. The number of hydrogen-bond acceptors (Lipinski definition) is 4. The molecule has 41 heavy (non-hydrogen) atoms. The van der Waals surface area contributed by atoms with E-state index in [9.17, 15) is 18.0 Å². The van der Waals surface area contributed by atoms with E-state index < -0.39 is 28.5 Å². The second-order valence-electron chi connectivity index (χ2n) is 11.2. The zero-order valence-corrected chi connectivity index (χ0v) is 25.8. The lowest BCUT2D eigenvalue weighted by Crippen LogP contribution is -2.52. The molecule has 0 saturated heterocycles. The molecule has 0 unspecified atom stereocenters. The van der Waals surface area contributed by atoms with Gasteiger partial charge in [0.05, 0.1) is 10.6 Å². The monoisotopic (exact) mass is 577 g/mol. The Kier molecular flexibility index (Phi) is 11.1. The van der Waals surface area contributed by atoms with Gasteiger partial charge in [-0.25, -0.2) is 8.42 Å². The molecule has 3 aromatic rings. The lowest BCUT2D eigenvalue weighted by molar-refractivity contribution is -0.138. The van der Waals surface area contributed by atoms with Gasteiger partial charge in [-0.1, -0.05) is 87.9 Å². The van der Waals surface area contributed by atoms with Crippen LogP contribution in [0.5, 0.6) is 0 Å². The van der Waals surface area contributed by atoms with Gasteiger partial charge in [-0.3, -0.25) is 13.9 Å². The summed E-state index contributed by atoms with van der Waals surface area (Å²) in [6.07, 6.45) is 0.530. The van der Waals surface area contributed by atoms with E-state index in [1.165, 1.54) is 4.90 Å². The number of amides is 2. The number of nitrogens with one attached hydrogen (secondary N) is 1. The van der Waals surface area contributed by atoms with Gasteiger partial charge in [-0.15, -0.1) is 0 Å². The molecule has 0 saturated carbocycles. The van der Waals surface area contributed by atoms with Crippen LogP contribution in [-0.2, 0) is 26.0 Å². The molecule has 0 radical (unpaired) electrons. The molecule has 2 amide bonds. The molecule has 0 aliphatic heterocycles. The molecule has 0 fully saturated rings. The highest BCUT2D eigenvalue weighted by Crippen LogP contribution is 2.26. The Bertz CT molecular complexity index is 1390. The van der Waals surface area contributed by atoms with Crippen molar-refractivity contribution in [1.82, 2.24) is 10.2 Å². The van der Waals surface area contributed by atoms with Crippen molar-refractivity contribution in [2.75, 3.05) is 23.9 Å². The molecule has 1 N–H and O–H groups in total. The molecule has 7 nitrogen and oxygen atoms in total. The highest BCUT2D eigenvalue weighted by atomic mass is 32.2. The van der Waals surface area contributed by atoms with Gasteiger partial charge in [-0.2, -0.15) is 0 Å². The number of anilines is 1. The van der Waals surface area contributed by atoms with Crippen LogP contribution < -0.4 is 9.62 Å². The van der Waals surface area contributed by atoms with Crippen molar-refractivity contribution in [3.05, 3.63) is 95.6 Å². The minimum atomic E-state index is -4.08. The second kappa shape index (κ2) is 14.3. The first-order valence-electron chi connectivity index (χ1n) is 14.2. The molecule has 220 valence electrons. The number of aryl methyl sites for hydroxylation is 1. The number of rotatable bonds is 13. The van der Waals surface area contributed by atoms with Crippen molar-refractivity contribution < 1.29 is 18.0 Å². The van der Waals surface area contributed by atoms with Gasteiger partial charge in [0.1, 0.15) is 12.6 Å². The van der Waals surface area contributed by atoms with E-state index in [0.29, 0.717) is 18.7 Å². The van der Waals surface area contributed by atoms with Crippen molar-refractivity contribution in [2.45, 2.75) is 64.8 Å². The van der Waals surface area contributed by atoms with E-state index >= 15 is 0 Å². The van der Waals surface area contributed by atoms with Crippen LogP contribution in [0.25, 0.3) is 0 Å². The van der Waals surface area contributed by atoms with Crippen LogP contribution in [0.15, 0.2) is 83.8 Å². The molecule has 0 spiro atoms. The van der Waals surface area contributed by atoms with Gasteiger partial charge in [0, 0.05) is 13.1 Å². The minimum Gasteiger partial charge on any atom is -0.354 e. The molecule has 1 atom stereocenters. The summed E-state index contributed by atoms with van der Waals surface area (Å²) in [5.41, 5.74) is 3.41. The molecule has 0 aromatic heterocycles. The zero-order valence-electron chi connectivity index (χ0n) is 25.0. The van der Waals surface area contributed by atoms with Crippen LogP contribution in [0, 0.1) is 12.8 Å². The molecular formula is C33H43N3O4S. The van der Waals surface area contributed by atoms with Crippen LogP contribution >= 0.6 is 0 Å². The van der Waals surface area contributed by atoms with E-state index in [2.05, 4.69) is 19.2 Å². The Morgan fingerprint density at radius 3 is 2.00 bits per heavy atom. The summed E-state index contributed by atoms with van der Waals surface area (Å²) in [6, 6.07) is 22.8. The summed E-state index contributed by atoms with van der Waals surface area (Å²) in [5, 5.41) is 2.91. The first kappa shape index (κ1) is 31.9. The normalized spacial score (nSPS) is 12.3. The molecule has 0 aliphatic rings. The molecule has 3 aromatic carbocycles. The highest BCUT2D eigenvalue weighted by Gasteiger charge is 2.32. The van der Waals surface area contributed by atoms with Gasteiger partial charge in [0.15, 0.2) is 0 Å². The van der Waals surface area contributed by atoms with Gasteiger partial charge in [-0.05, 0) is 67.5 Å². The second-order valence-corrected chi connectivity index (χ2v) is 13.1. The average molecular weight is 578 g/mol. The number of carbonyl (C=O) groups excluding carboxylic acids is 2. The quantitative estimate of drug-likeness (QED) is 0.289. The smallest absolute Gasteiger partial charge is 0.264 e. The summed E-state index contributed by atoms with van der Waals surface area (Å²) < 4.78 is 29.1. The van der Waals surface area contributed by atoms with Gasteiger partial charge >= 0.3 is 0 Å². The van der Waals surface area contributed by atoms with Crippen LogP contribution in [-0.4, -0.2) is 50.8 Å². The zero-order chi connectivity index (χ0) is 30.2. The van der Waals surface area contributed by atoms with Crippen molar-refractivity contribution in [3.63, 3.8) is 0 Å².